The molecule has 4 aromatic rings. The lowest BCUT2D eigenvalue weighted by molar-refractivity contribution is -0.419. The second-order valence-electron chi connectivity index (χ2n) is 7.15. The summed E-state index contributed by atoms with van der Waals surface area (Å²) in [6, 6.07) is 23.0. The summed E-state index contributed by atoms with van der Waals surface area (Å²) in [5.74, 6) is 0.628. The number of nitrogens with zero attached hydrogens (tertiary/aromatic N) is 4. The molecule has 0 aliphatic heterocycles. The Hall–Kier alpha value is -4.08. The lowest BCUT2D eigenvalue weighted by Crippen LogP contribution is -2.17. The van der Waals surface area contributed by atoms with Gasteiger partial charge in [-0.25, -0.2) is 0 Å². The predicted octanol–water partition coefficient (Wildman–Crippen LogP) is 6.10. The minimum absolute atomic E-state index is 0.0362. The van der Waals surface area contributed by atoms with Crippen LogP contribution in [0.2, 0.25) is 0 Å². The van der Waals surface area contributed by atoms with Gasteiger partial charge in [-0.05, 0) is 55.5 Å². The van der Waals surface area contributed by atoms with Crippen LogP contribution < -0.4 is 15.4 Å². The number of hydrogen-bond acceptors (Lipinski definition) is 7. The zero-order valence-corrected chi connectivity index (χ0v) is 20.0. The number of nitrogens with one attached hydrogen (secondary N) is 2. The predicted molar refractivity (Wildman–Crippen MR) is 138 cm³/mol. The van der Waals surface area contributed by atoms with Gasteiger partial charge in [-0.3, -0.25) is 10.1 Å². The van der Waals surface area contributed by atoms with Crippen molar-refractivity contribution in [3.05, 3.63) is 105 Å². The van der Waals surface area contributed by atoms with Crippen LogP contribution in [0.1, 0.15) is 6.92 Å². The lowest BCUT2D eigenvalue weighted by atomic mass is 10.2. The van der Waals surface area contributed by atoms with Crippen LogP contribution in [-0.4, -0.2) is 26.5 Å². The molecule has 4 rings (SSSR count). The maximum atomic E-state index is 12.3. The number of aromatic nitrogens is 3. The molecule has 0 radical (unpaired) electrons. The van der Waals surface area contributed by atoms with E-state index in [0.717, 1.165) is 0 Å². The molecule has 0 spiro atoms. The van der Waals surface area contributed by atoms with Gasteiger partial charge in [0.25, 0.3) is 0 Å². The number of halogens is 2. The fourth-order valence-electron chi connectivity index (χ4n) is 3.26. The van der Waals surface area contributed by atoms with E-state index in [9.17, 15) is 10.1 Å². The molecule has 0 atom stereocenters. The third kappa shape index (κ3) is 5.53. The number of rotatable bonds is 9. The van der Waals surface area contributed by atoms with Crippen LogP contribution in [-0.2, 0) is 0 Å². The summed E-state index contributed by atoms with van der Waals surface area (Å²) in [7, 11) is 0. The Bertz CT molecular complexity index is 1400. The fourth-order valence-corrected chi connectivity index (χ4v) is 3.67. The first kappa shape index (κ1) is 24.1. The highest BCUT2D eigenvalue weighted by atomic mass is 35.5. The summed E-state index contributed by atoms with van der Waals surface area (Å²) in [6.45, 7) is 2.40. The standard InChI is InChI=1S/C24H20Cl2N6O3/c1-2-35-18-14-12-17(13-15-18)28-24(31-20-11-7-6-10-19(20)29-30-31)22(32(33)34)21(25)23(26)27-16-8-4-3-5-9-16/h3-15,27-28H,2H2,1H3/b23-21-,24-22-. The van der Waals surface area contributed by atoms with E-state index in [1.54, 1.807) is 72.8 Å². The Morgan fingerprint density at radius 2 is 1.63 bits per heavy atom. The number of hydrogen-bond donors (Lipinski definition) is 2. The van der Waals surface area contributed by atoms with Crippen molar-refractivity contribution in [1.82, 2.24) is 15.0 Å². The molecule has 0 amide bonds. The van der Waals surface area contributed by atoms with Crippen LogP contribution in [0.15, 0.2) is 94.7 Å². The lowest BCUT2D eigenvalue weighted by Gasteiger charge is -2.14. The minimum atomic E-state index is -0.620. The van der Waals surface area contributed by atoms with Crippen molar-refractivity contribution >= 4 is 51.4 Å². The SMILES string of the molecule is CCOc1ccc(N/C(=C(\C(Cl)=C(/Cl)Nc2ccccc2)[N+](=O)[O-])n2nnc3ccccc32)cc1. The van der Waals surface area contributed by atoms with Crippen molar-refractivity contribution in [2.24, 2.45) is 0 Å². The quantitative estimate of drug-likeness (QED) is 0.121. The summed E-state index contributed by atoms with van der Waals surface area (Å²) < 4.78 is 6.80. The van der Waals surface area contributed by atoms with Gasteiger partial charge in [-0.2, -0.15) is 4.68 Å². The highest BCUT2D eigenvalue weighted by Gasteiger charge is 2.29. The smallest absolute Gasteiger partial charge is 0.333 e. The van der Waals surface area contributed by atoms with Gasteiger partial charge in [-0.15, -0.1) is 5.10 Å². The van der Waals surface area contributed by atoms with Crippen molar-refractivity contribution in [3.63, 3.8) is 0 Å². The van der Waals surface area contributed by atoms with Gasteiger partial charge >= 0.3 is 5.70 Å². The number of ether oxygens (including phenoxy) is 1. The molecule has 11 heteroatoms. The van der Waals surface area contributed by atoms with Crippen LogP contribution in [0, 0.1) is 10.1 Å². The van der Waals surface area contributed by atoms with Gasteiger partial charge in [0.05, 0.1) is 17.0 Å². The van der Waals surface area contributed by atoms with E-state index < -0.39 is 10.6 Å². The van der Waals surface area contributed by atoms with E-state index >= 15 is 0 Å². The largest absolute Gasteiger partial charge is 0.494 e. The maximum absolute atomic E-state index is 12.3. The van der Waals surface area contributed by atoms with E-state index in [1.165, 1.54) is 4.68 Å². The monoisotopic (exact) mass is 510 g/mol. The average Bonchev–Trinajstić information content (AvgIpc) is 3.29. The van der Waals surface area contributed by atoms with Gasteiger partial charge in [0.1, 0.15) is 16.4 Å². The van der Waals surface area contributed by atoms with E-state index in [4.69, 9.17) is 27.9 Å². The molecule has 0 saturated carbocycles. The number of benzene rings is 3. The Morgan fingerprint density at radius 3 is 2.31 bits per heavy atom. The van der Waals surface area contributed by atoms with Gasteiger partial charge < -0.3 is 15.4 Å². The topological polar surface area (TPSA) is 107 Å². The van der Waals surface area contributed by atoms with E-state index in [2.05, 4.69) is 20.9 Å². The summed E-state index contributed by atoms with van der Waals surface area (Å²) in [4.78, 5) is 11.7. The normalized spacial score (nSPS) is 12.5. The van der Waals surface area contributed by atoms with Crippen molar-refractivity contribution < 1.29 is 9.66 Å². The van der Waals surface area contributed by atoms with Crippen LogP contribution >= 0.6 is 23.2 Å². The van der Waals surface area contributed by atoms with E-state index in [-0.39, 0.29) is 16.0 Å². The minimum Gasteiger partial charge on any atom is -0.494 e. The second kappa shape index (κ2) is 10.9. The summed E-state index contributed by atoms with van der Waals surface area (Å²) in [5.41, 5.74) is 1.75. The van der Waals surface area contributed by atoms with Gasteiger partial charge in [0.2, 0.25) is 5.82 Å². The number of allylic oxidation sites excluding steroid dienone is 1. The Labute approximate surface area is 210 Å². The first-order valence-corrected chi connectivity index (χ1v) is 11.3. The maximum Gasteiger partial charge on any atom is 0.333 e. The van der Waals surface area contributed by atoms with Crippen molar-refractivity contribution in [2.75, 3.05) is 17.2 Å². The van der Waals surface area contributed by atoms with Crippen LogP contribution in [0.5, 0.6) is 5.75 Å². The number of anilines is 2. The van der Waals surface area contributed by atoms with Gasteiger partial charge in [0.15, 0.2) is 5.03 Å². The molecule has 0 aliphatic carbocycles. The molecule has 0 bridgehead atoms. The Balaban J connectivity index is 1.86. The van der Waals surface area contributed by atoms with Crippen LogP contribution in [0.3, 0.4) is 0 Å². The summed E-state index contributed by atoms with van der Waals surface area (Å²) in [5, 5.41) is 26.1. The molecular weight excluding hydrogens is 491 g/mol. The molecule has 178 valence electrons. The summed E-state index contributed by atoms with van der Waals surface area (Å²) in [6.07, 6.45) is 0. The number of para-hydroxylation sites is 2. The van der Waals surface area contributed by atoms with Gasteiger partial charge in [-0.1, -0.05) is 58.7 Å². The summed E-state index contributed by atoms with van der Waals surface area (Å²) >= 11 is 12.9. The highest BCUT2D eigenvalue weighted by Crippen LogP contribution is 2.31. The molecule has 0 aliphatic rings. The fraction of sp³-hybridized carbons (Fsp3) is 0.0833. The molecule has 0 unspecified atom stereocenters. The molecule has 1 heterocycles. The molecule has 35 heavy (non-hydrogen) atoms. The van der Waals surface area contributed by atoms with Crippen molar-refractivity contribution in [1.29, 1.82) is 0 Å². The molecule has 3 aromatic carbocycles. The average molecular weight is 511 g/mol. The molecule has 0 fully saturated rings. The Morgan fingerprint density at radius 1 is 0.971 bits per heavy atom. The molecule has 0 saturated heterocycles. The van der Waals surface area contributed by atoms with Crippen molar-refractivity contribution in [2.45, 2.75) is 6.92 Å². The first-order valence-electron chi connectivity index (χ1n) is 10.5. The third-order valence-corrected chi connectivity index (χ3v) is 5.58. The van der Waals surface area contributed by atoms with Crippen LogP contribution in [0.4, 0.5) is 11.4 Å². The molecule has 9 nitrogen and oxygen atoms in total. The molecular formula is C24H20Cl2N6O3. The van der Waals surface area contributed by atoms with Crippen molar-refractivity contribution in [3.8, 4) is 5.75 Å². The first-order chi connectivity index (χ1) is 17.0. The Kier molecular flexibility index (Phi) is 7.49. The third-order valence-electron chi connectivity index (χ3n) is 4.83. The second-order valence-corrected chi connectivity index (χ2v) is 7.90. The number of fused-ring (bicyclic) bond motifs is 1. The molecule has 1 aromatic heterocycles. The highest BCUT2D eigenvalue weighted by molar-refractivity contribution is 6.41. The van der Waals surface area contributed by atoms with E-state index in [1.807, 2.05) is 13.0 Å². The van der Waals surface area contributed by atoms with Crippen LogP contribution in [0.25, 0.3) is 16.9 Å². The zero-order valence-electron chi connectivity index (χ0n) is 18.5. The van der Waals surface area contributed by atoms with Gasteiger partial charge in [0, 0.05) is 11.4 Å². The zero-order chi connectivity index (χ0) is 24.8. The van der Waals surface area contributed by atoms with E-state index in [0.29, 0.717) is 34.8 Å². The molecule has 2 N–H and O–H groups in total. The number of nitro groups is 1.